The van der Waals surface area contributed by atoms with E-state index in [4.69, 9.17) is 5.73 Å². The fraction of sp³-hybridized carbons (Fsp3) is 0.143. The average Bonchev–Trinajstić information content (AvgIpc) is 2.80. The highest BCUT2D eigenvalue weighted by Crippen LogP contribution is 2.33. The van der Waals surface area contributed by atoms with Gasteiger partial charge in [0.1, 0.15) is 11.6 Å². The Balaban J connectivity index is 1.83. The molecule has 2 N–H and O–H groups in total. The first-order valence-corrected chi connectivity index (χ1v) is 8.48. The number of likely N-dealkylation sites (N-methyl/N-ethyl adjacent to an activating group) is 1. The SMILES string of the molecule is CN1CC=C(c2ccccc2F)c2ccc(-c3ccc(N)nn3)cc2C1. The van der Waals surface area contributed by atoms with Gasteiger partial charge in [-0.2, -0.15) is 0 Å². The molecule has 3 aromatic rings. The standard InChI is InChI=1S/C21H19FN4/c1-26-11-10-17(18-4-2-3-5-19(18)22)16-7-6-14(12-15(16)13-26)20-8-9-21(23)25-24-20/h2-10,12H,11,13H2,1H3,(H2,23,25). The van der Waals surface area contributed by atoms with E-state index in [0.717, 1.165) is 41.0 Å². The Kier molecular flexibility index (Phi) is 4.22. The van der Waals surface area contributed by atoms with Crippen LogP contribution in [0.15, 0.2) is 60.7 Å². The van der Waals surface area contributed by atoms with Crippen LogP contribution in [0.4, 0.5) is 10.2 Å². The summed E-state index contributed by atoms with van der Waals surface area (Å²) < 4.78 is 14.4. The van der Waals surface area contributed by atoms with Gasteiger partial charge in [0.05, 0.1) is 5.69 Å². The molecule has 26 heavy (non-hydrogen) atoms. The van der Waals surface area contributed by atoms with Gasteiger partial charge < -0.3 is 5.73 Å². The fourth-order valence-electron chi connectivity index (χ4n) is 3.29. The zero-order chi connectivity index (χ0) is 18.1. The number of fused-ring (bicyclic) bond motifs is 1. The molecule has 5 heteroatoms. The number of nitrogens with two attached hydrogens (primary N) is 1. The Morgan fingerprint density at radius 2 is 1.85 bits per heavy atom. The molecule has 0 spiro atoms. The summed E-state index contributed by atoms with van der Waals surface area (Å²) in [5.41, 5.74) is 11.1. The summed E-state index contributed by atoms with van der Waals surface area (Å²) in [6.07, 6.45) is 2.09. The van der Waals surface area contributed by atoms with E-state index >= 15 is 0 Å². The van der Waals surface area contributed by atoms with Crippen molar-refractivity contribution in [2.45, 2.75) is 6.54 Å². The van der Waals surface area contributed by atoms with E-state index in [1.807, 2.05) is 30.3 Å². The number of nitrogens with zero attached hydrogens (tertiary/aromatic N) is 3. The Morgan fingerprint density at radius 3 is 2.62 bits per heavy atom. The molecular weight excluding hydrogens is 327 g/mol. The van der Waals surface area contributed by atoms with Crippen LogP contribution in [0.1, 0.15) is 16.7 Å². The molecule has 1 aliphatic rings. The Labute approximate surface area is 151 Å². The summed E-state index contributed by atoms with van der Waals surface area (Å²) in [6.45, 7) is 1.54. The monoisotopic (exact) mass is 346 g/mol. The molecule has 0 radical (unpaired) electrons. The van der Waals surface area contributed by atoms with E-state index in [1.165, 1.54) is 6.07 Å². The second-order valence-electron chi connectivity index (χ2n) is 6.51. The van der Waals surface area contributed by atoms with E-state index in [2.05, 4.69) is 34.3 Å². The summed E-state index contributed by atoms with van der Waals surface area (Å²) in [5.74, 6) is 0.191. The van der Waals surface area contributed by atoms with Crippen LogP contribution >= 0.6 is 0 Å². The Morgan fingerprint density at radius 1 is 1.00 bits per heavy atom. The Hall–Kier alpha value is -3.05. The predicted molar refractivity (Wildman–Crippen MR) is 102 cm³/mol. The lowest BCUT2D eigenvalue weighted by Crippen LogP contribution is -2.16. The summed E-state index contributed by atoms with van der Waals surface area (Å²) in [6, 6.07) is 16.7. The van der Waals surface area contributed by atoms with Gasteiger partial charge in [0.2, 0.25) is 0 Å². The third-order valence-corrected chi connectivity index (χ3v) is 4.59. The minimum absolute atomic E-state index is 0.206. The second-order valence-corrected chi connectivity index (χ2v) is 6.51. The smallest absolute Gasteiger partial charge is 0.146 e. The third kappa shape index (κ3) is 3.09. The summed E-state index contributed by atoms with van der Waals surface area (Å²) >= 11 is 0. The number of benzene rings is 2. The molecule has 0 aliphatic carbocycles. The van der Waals surface area contributed by atoms with Gasteiger partial charge in [-0.25, -0.2) is 4.39 Å². The van der Waals surface area contributed by atoms with Crippen molar-refractivity contribution in [1.82, 2.24) is 15.1 Å². The first-order valence-electron chi connectivity index (χ1n) is 8.48. The van der Waals surface area contributed by atoms with E-state index in [-0.39, 0.29) is 5.82 Å². The van der Waals surface area contributed by atoms with Crippen molar-refractivity contribution in [1.29, 1.82) is 0 Å². The van der Waals surface area contributed by atoms with Crippen LogP contribution in [0.25, 0.3) is 16.8 Å². The van der Waals surface area contributed by atoms with Crippen molar-refractivity contribution in [3.05, 3.63) is 83.2 Å². The highest BCUT2D eigenvalue weighted by atomic mass is 19.1. The second kappa shape index (κ2) is 6.69. The van der Waals surface area contributed by atoms with E-state index in [9.17, 15) is 4.39 Å². The highest BCUT2D eigenvalue weighted by Gasteiger charge is 2.18. The predicted octanol–water partition coefficient (Wildman–Crippen LogP) is 3.74. The van der Waals surface area contributed by atoms with E-state index in [0.29, 0.717) is 11.4 Å². The van der Waals surface area contributed by atoms with Gasteiger partial charge in [-0.15, -0.1) is 10.2 Å². The molecule has 2 aromatic carbocycles. The Bertz CT molecular complexity index is 980. The number of hydrogen-bond acceptors (Lipinski definition) is 4. The van der Waals surface area contributed by atoms with Gasteiger partial charge >= 0.3 is 0 Å². The van der Waals surface area contributed by atoms with Gasteiger partial charge in [0, 0.05) is 24.2 Å². The number of aromatic nitrogens is 2. The third-order valence-electron chi connectivity index (χ3n) is 4.59. The molecule has 130 valence electrons. The van der Waals surface area contributed by atoms with Crippen LogP contribution < -0.4 is 5.73 Å². The van der Waals surface area contributed by atoms with Gasteiger partial charge in [-0.1, -0.05) is 36.4 Å². The number of rotatable bonds is 2. The zero-order valence-electron chi connectivity index (χ0n) is 14.5. The summed E-state index contributed by atoms with van der Waals surface area (Å²) in [7, 11) is 2.06. The average molecular weight is 346 g/mol. The van der Waals surface area contributed by atoms with Crippen molar-refractivity contribution in [2.24, 2.45) is 0 Å². The summed E-state index contributed by atoms with van der Waals surface area (Å²) in [5, 5.41) is 8.10. The molecule has 4 rings (SSSR count). The van der Waals surface area contributed by atoms with Gasteiger partial charge in [-0.05, 0) is 48.0 Å². The van der Waals surface area contributed by atoms with Crippen LogP contribution in [0, 0.1) is 5.82 Å². The lowest BCUT2D eigenvalue weighted by molar-refractivity contribution is 0.366. The topological polar surface area (TPSA) is 55.0 Å². The van der Waals surface area contributed by atoms with Crippen molar-refractivity contribution in [3.63, 3.8) is 0 Å². The summed E-state index contributed by atoms with van der Waals surface area (Å²) in [4.78, 5) is 2.20. The van der Waals surface area contributed by atoms with Crippen LogP contribution in [0.2, 0.25) is 0 Å². The largest absolute Gasteiger partial charge is 0.382 e. The lowest BCUT2D eigenvalue weighted by Gasteiger charge is -2.15. The van der Waals surface area contributed by atoms with Crippen molar-refractivity contribution in [3.8, 4) is 11.3 Å². The normalized spacial score (nSPS) is 14.5. The fourth-order valence-corrected chi connectivity index (χ4v) is 3.29. The first kappa shape index (κ1) is 16.4. The molecule has 0 bridgehead atoms. The van der Waals surface area contributed by atoms with Crippen molar-refractivity contribution >= 4 is 11.4 Å². The van der Waals surface area contributed by atoms with Gasteiger partial charge in [-0.3, -0.25) is 4.90 Å². The van der Waals surface area contributed by atoms with Gasteiger partial charge in [0.25, 0.3) is 0 Å². The molecule has 0 fully saturated rings. The number of halogens is 1. The van der Waals surface area contributed by atoms with Crippen LogP contribution in [0.5, 0.6) is 0 Å². The van der Waals surface area contributed by atoms with Crippen molar-refractivity contribution in [2.75, 3.05) is 19.3 Å². The molecule has 1 aromatic heterocycles. The minimum Gasteiger partial charge on any atom is -0.382 e. The van der Waals surface area contributed by atoms with Gasteiger partial charge in [0.15, 0.2) is 0 Å². The molecule has 0 saturated heterocycles. The van der Waals surface area contributed by atoms with Crippen LogP contribution in [0.3, 0.4) is 0 Å². The quantitative estimate of drug-likeness (QED) is 0.768. The molecule has 2 heterocycles. The number of nitrogen functional groups attached to an aromatic ring is 1. The molecule has 1 aliphatic heterocycles. The minimum atomic E-state index is -0.206. The van der Waals surface area contributed by atoms with Crippen LogP contribution in [-0.2, 0) is 6.54 Å². The highest BCUT2D eigenvalue weighted by molar-refractivity contribution is 5.83. The number of anilines is 1. The zero-order valence-corrected chi connectivity index (χ0v) is 14.5. The maximum absolute atomic E-state index is 14.4. The molecule has 0 atom stereocenters. The van der Waals surface area contributed by atoms with E-state index < -0.39 is 0 Å². The van der Waals surface area contributed by atoms with Crippen molar-refractivity contribution < 1.29 is 4.39 Å². The number of hydrogen-bond donors (Lipinski definition) is 1. The molecule has 4 nitrogen and oxygen atoms in total. The maximum atomic E-state index is 14.4. The molecule has 0 unspecified atom stereocenters. The lowest BCUT2D eigenvalue weighted by atomic mass is 9.92. The molecule has 0 amide bonds. The van der Waals surface area contributed by atoms with Crippen LogP contribution in [-0.4, -0.2) is 28.7 Å². The maximum Gasteiger partial charge on any atom is 0.146 e. The first-order chi connectivity index (χ1) is 12.6. The molecule has 0 saturated carbocycles. The molecular formula is C21H19FN4. The van der Waals surface area contributed by atoms with E-state index in [1.54, 1.807) is 12.1 Å².